The number of nitrogens with one attached hydrogen (secondary N) is 1. The van der Waals surface area contributed by atoms with Crippen molar-refractivity contribution in [1.29, 1.82) is 0 Å². The van der Waals surface area contributed by atoms with E-state index in [1.165, 1.54) is 12.8 Å². The van der Waals surface area contributed by atoms with Gasteiger partial charge in [-0.1, -0.05) is 24.6 Å². The van der Waals surface area contributed by atoms with Crippen molar-refractivity contribution in [2.24, 2.45) is 10.7 Å². The normalized spacial score (nSPS) is 10.7. The molecule has 1 aromatic rings. The van der Waals surface area contributed by atoms with Gasteiger partial charge in [-0.15, -0.1) is 30.6 Å². The van der Waals surface area contributed by atoms with Gasteiger partial charge in [0.25, 0.3) is 0 Å². The third-order valence-electron chi connectivity index (χ3n) is 3.66. The van der Waals surface area contributed by atoms with E-state index in [1.807, 2.05) is 25.3 Å². The monoisotopic (exact) mass is 444 g/mol. The van der Waals surface area contributed by atoms with E-state index >= 15 is 0 Å². The Morgan fingerprint density at radius 2 is 1.96 bits per heavy atom. The van der Waals surface area contributed by atoms with Gasteiger partial charge < -0.3 is 16.0 Å². The number of halogens is 1. The minimum Gasteiger partial charge on any atom is -0.366 e. The molecular weight excluding hydrogens is 415 g/mol. The molecule has 0 aromatic heterocycles. The third-order valence-corrected chi connectivity index (χ3v) is 3.66. The molecule has 1 rings (SSSR count). The van der Waals surface area contributed by atoms with Gasteiger partial charge in [-0.3, -0.25) is 9.79 Å². The second-order valence-corrected chi connectivity index (χ2v) is 5.52. The van der Waals surface area contributed by atoms with Gasteiger partial charge in [-0.25, -0.2) is 0 Å². The Morgan fingerprint density at radius 3 is 2.50 bits per heavy atom. The largest absolute Gasteiger partial charge is 0.366 e. The molecule has 24 heavy (non-hydrogen) atoms. The Labute approximate surface area is 162 Å². The van der Waals surface area contributed by atoms with Crippen LogP contribution in [-0.4, -0.2) is 37.4 Å². The lowest BCUT2D eigenvalue weighted by molar-refractivity contribution is 0.100. The van der Waals surface area contributed by atoms with E-state index < -0.39 is 5.91 Å². The first-order valence-corrected chi connectivity index (χ1v) is 8.00. The summed E-state index contributed by atoms with van der Waals surface area (Å²) in [5, 5.41) is 3.33. The first kappa shape index (κ1) is 22.4. The van der Waals surface area contributed by atoms with Gasteiger partial charge in [0.1, 0.15) is 0 Å². The Hall–Kier alpha value is -1.57. The maximum Gasteiger partial charge on any atom is 0.248 e. The topological polar surface area (TPSA) is 70.7 Å². The number of amides is 1. The first-order chi connectivity index (χ1) is 11.1. The minimum absolute atomic E-state index is 0. The number of hydrogen-bond acceptors (Lipinski definition) is 2. The zero-order chi connectivity index (χ0) is 17.1. The summed E-state index contributed by atoms with van der Waals surface area (Å²) in [7, 11) is 3.83. The summed E-state index contributed by atoms with van der Waals surface area (Å²) < 4.78 is 0. The summed E-state index contributed by atoms with van der Waals surface area (Å²) in [5.41, 5.74) is 6.84. The molecule has 0 unspecified atom stereocenters. The van der Waals surface area contributed by atoms with E-state index in [9.17, 15) is 4.79 Å². The molecule has 0 aliphatic carbocycles. The molecule has 134 valence electrons. The van der Waals surface area contributed by atoms with Crippen LogP contribution in [0.5, 0.6) is 0 Å². The van der Waals surface area contributed by atoms with Crippen LogP contribution in [0.4, 0.5) is 0 Å². The van der Waals surface area contributed by atoms with E-state index in [0.29, 0.717) is 12.1 Å². The number of hydrogen-bond donors (Lipinski definition) is 2. The summed E-state index contributed by atoms with van der Waals surface area (Å²) in [4.78, 5) is 17.5. The lowest BCUT2D eigenvalue weighted by Gasteiger charge is -2.22. The van der Waals surface area contributed by atoms with Crippen molar-refractivity contribution in [2.45, 2.75) is 32.2 Å². The van der Waals surface area contributed by atoms with Crippen molar-refractivity contribution in [1.82, 2.24) is 10.2 Å². The highest BCUT2D eigenvalue weighted by molar-refractivity contribution is 14.0. The number of unbranched alkanes of at least 4 members (excludes halogenated alkanes) is 3. The molecule has 3 N–H and O–H groups in total. The summed E-state index contributed by atoms with van der Waals surface area (Å²) in [5.74, 6) is 0.462. The fourth-order valence-corrected chi connectivity index (χ4v) is 2.27. The molecule has 0 atom stereocenters. The number of benzene rings is 1. The van der Waals surface area contributed by atoms with Gasteiger partial charge >= 0.3 is 0 Å². The highest BCUT2D eigenvalue weighted by atomic mass is 127. The molecule has 0 bridgehead atoms. The fourth-order valence-electron chi connectivity index (χ4n) is 2.27. The summed E-state index contributed by atoms with van der Waals surface area (Å²) in [6.45, 7) is 5.37. The Bertz CT molecular complexity index is 528. The van der Waals surface area contributed by atoms with Crippen molar-refractivity contribution in [3.63, 3.8) is 0 Å². The first-order valence-electron chi connectivity index (χ1n) is 8.00. The number of carbonyl (C=O) groups excluding carboxylic acids is 1. The fraction of sp³-hybridized carbons (Fsp3) is 0.444. The molecule has 5 nitrogen and oxygen atoms in total. The van der Waals surface area contributed by atoms with E-state index in [2.05, 4.69) is 21.8 Å². The Balaban J connectivity index is 0.00000529. The maximum atomic E-state index is 11.1. The lowest BCUT2D eigenvalue weighted by Crippen LogP contribution is -2.39. The van der Waals surface area contributed by atoms with Gasteiger partial charge in [-0.05, 0) is 37.0 Å². The lowest BCUT2D eigenvalue weighted by atomic mass is 10.1. The van der Waals surface area contributed by atoms with E-state index in [4.69, 9.17) is 5.73 Å². The molecule has 0 aliphatic heterocycles. The molecule has 1 amide bonds. The number of guanidine groups is 1. The summed E-state index contributed by atoms with van der Waals surface area (Å²) in [6.07, 6.45) is 6.57. The average molecular weight is 444 g/mol. The van der Waals surface area contributed by atoms with Gasteiger partial charge in [0, 0.05) is 32.7 Å². The minimum atomic E-state index is -0.406. The number of nitrogens with zero attached hydrogens (tertiary/aromatic N) is 2. The van der Waals surface area contributed by atoms with Crippen LogP contribution in [0.15, 0.2) is 41.9 Å². The molecule has 0 heterocycles. The number of carbonyl (C=O) groups is 1. The number of primary amides is 1. The molecule has 0 aliphatic rings. The van der Waals surface area contributed by atoms with Crippen LogP contribution < -0.4 is 11.1 Å². The number of rotatable bonds is 9. The Kier molecular flexibility index (Phi) is 12.0. The smallest absolute Gasteiger partial charge is 0.248 e. The van der Waals surface area contributed by atoms with E-state index in [-0.39, 0.29) is 24.0 Å². The zero-order valence-electron chi connectivity index (χ0n) is 14.6. The predicted molar refractivity (Wildman–Crippen MR) is 112 cm³/mol. The van der Waals surface area contributed by atoms with Crippen LogP contribution in [-0.2, 0) is 6.54 Å². The molecule has 0 saturated heterocycles. The summed E-state index contributed by atoms with van der Waals surface area (Å²) >= 11 is 0. The van der Waals surface area contributed by atoms with Crippen LogP contribution in [0.2, 0.25) is 0 Å². The molecule has 0 saturated carbocycles. The van der Waals surface area contributed by atoms with Gasteiger partial charge in [0.15, 0.2) is 5.96 Å². The van der Waals surface area contributed by atoms with Gasteiger partial charge in [0.05, 0.1) is 0 Å². The van der Waals surface area contributed by atoms with Crippen molar-refractivity contribution >= 4 is 35.8 Å². The zero-order valence-corrected chi connectivity index (χ0v) is 17.0. The van der Waals surface area contributed by atoms with Crippen LogP contribution in [0.3, 0.4) is 0 Å². The highest BCUT2D eigenvalue weighted by Crippen LogP contribution is 2.05. The standard InChI is InChI=1S/C18H28N4O.HI/c1-4-5-6-7-8-13-22(3)18(20-2)21-14-15-9-11-16(12-10-15)17(19)23;/h4,9-12H,1,5-8,13-14H2,2-3H3,(H2,19,23)(H,20,21);1H. The maximum absolute atomic E-state index is 11.1. The summed E-state index contributed by atoms with van der Waals surface area (Å²) in [6, 6.07) is 7.28. The predicted octanol–water partition coefficient (Wildman–Crippen LogP) is 3.16. The van der Waals surface area contributed by atoms with E-state index in [0.717, 1.165) is 30.9 Å². The Morgan fingerprint density at radius 1 is 1.29 bits per heavy atom. The average Bonchev–Trinajstić information content (AvgIpc) is 2.55. The SMILES string of the molecule is C=CCCCCCN(C)C(=NC)NCc1ccc(C(N)=O)cc1.I. The highest BCUT2D eigenvalue weighted by Gasteiger charge is 2.06. The van der Waals surface area contributed by atoms with Crippen LogP contribution in [0.1, 0.15) is 41.6 Å². The van der Waals surface area contributed by atoms with Crippen molar-refractivity contribution < 1.29 is 4.79 Å². The van der Waals surface area contributed by atoms with Crippen molar-refractivity contribution in [3.8, 4) is 0 Å². The number of nitrogens with two attached hydrogens (primary N) is 1. The van der Waals surface area contributed by atoms with Crippen LogP contribution in [0.25, 0.3) is 0 Å². The second-order valence-electron chi connectivity index (χ2n) is 5.52. The van der Waals surface area contributed by atoms with E-state index in [1.54, 1.807) is 19.2 Å². The van der Waals surface area contributed by atoms with Crippen molar-refractivity contribution in [2.75, 3.05) is 20.6 Å². The quantitative estimate of drug-likeness (QED) is 0.202. The molecule has 0 spiro atoms. The van der Waals surface area contributed by atoms with Crippen LogP contribution in [0, 0.1) is 0 Å². The number of allylic oxidation sites excluding steroid dienone is 1. The molecular formula is C18H29IN4O. The number of aliphatic imine (C=N–C) groups is 1. The van der Waals surface area contributed by atoms with Crippen LogP contribution >= 0.6 is 24.0 Å². The van der Waals surface area contributed by atoms with Crippen molar-refractivity contribution in [3.05, 3.63) is 48.0 Å². The molecule has 0 radical (unpaired) electrons. The third kappa shape index (κ3) is 8.33. The molecule has 6 heteroatoms. The molecule has 0 fully saturated rings. The molecule has 1 aromatic carbocycles. The van der Waals surface area contributed by atoms with Gasteiger partial charge in [0.2, 0.25) is 5.91 Å². The van der Waals surface area contributed by atoms with Gasteiger partial charge in [-0.2, -0.15) is 0 Å². The second kappa shape index (κ2) is 12.8.